The smallest absolute Gasteiger partial charge is 0.331 e. The number of anilines is 3. The van der Waals surface area contributed by atoms with Crippen LogP contribution in [0.15, 0.2) is 43.1 Å². The number of carbonyl (C=O) groups is 3. The SMILES string of the molecule is C=CC(=O)N[C@@H]1CCC[C@H]1NC(=O)c1sc2nccc3c2c1NC(=O)N3c1ccc(OC(C)C)cc1C. The average molecular weight is 520 g/mol. The van der Waals surface area contributed by atoms with Crippen LogP contribution in [0.4, 0.5) is 21.9 Å². The lowest BCUT2D eigenvalue weighted by Crippen LogP contribution is -2.48. The van der Waals surface area contributed by atoms with Crippen molar-refractivity contribution in [1.29, 1.82) is 0 Å². The summed E-state index contributed by atoms with van der Waals surface area (Å²) < 4.78 is 5.80. The third-order valence-electron chi connectivity index (χ3n) is 6.58. The summed E-state index contributed by atoms with van der Waals surface area (Å²) in [6.07, 6.45) is 5.35. The van der Waals surface area contributed by atoms with Gasteiger partial charge >= 0.3 is 6.03 Å². The first kappa shape index (κ1) is 24.8. The van der Waals surface area contributed by atoms with E-state index in [1.807, 2.05) is 39.0 Å². The van der Waals surface area contributed by atoms with Gasteiger partial charge in [-0.25, -0.2) is 9.78 Å². The maximum atomic E-state index is 13.4. The maximum absolute atomic E-state index is 13.4. The van der Waals surface area contributed by atoms with E-state index in [2.05, 4.69) is 27.5 Å². The van der Waals surface area contributed by atoms with Crippen molar-refractivity contribution < 1.29 is 19.1 Å². The van der Waals surface area contributed by atoms with Crippen molar-refractivity contribution in [2.75, 3.05) is 10.2 Å². The Labute approximate surface area is 218 Å². The standard InChI is InChI=1S/C27H29N5O4S/c1-5-21(33)29-17-7-6-8-18(17)30-25(34)24-23-22-20(11-12-28-26(22)37-24)32(27(35)31-23)19-10-9-16(13-15(19)4)36-14(2)3/h5,9-14,17-18H,1,6-8H2,2-4H3,(H,29,33)(H,30,34)(H,31,35)/t17-,18-/m1/s1. The summed E-state index contributed by atoms with van der Waals surface area (Å²) in [5, 5.41) is 9.61. The summed E-state index contributed by atoms with van der Waals surface area (Å²) in [6.45, 7) is 9.36. The third kappa shape index (κ3) is 4.64. The number of hydrogen-bond donors (Lipinski definition) is 3. The van der Waals surface area contributed by atoms with Crippen LogP contribution in [0.25, 0.3) is 10.2 Å². The van der Waals surface area contributed by atoms with Crippen LogP contribution in [-0.4, -0.2) is 41.0 Å². The van der Waals surface area contributed by atoms with Gasteiger partial charge in [0.05, 0.1) is 28.6 Å². The minimum atomic E-state index is -0.356. The molecule has 10 heteroatoms. The molecule has 5 rings (SSSR count). The molecule has 2 aromatic heterocycles. The van der Waals surface area contributed by atoms with E-state index in [0.29, 0.717) is 21.1 Å². The molecule has 0 radical (unpaired) electrons. The Hall–Kier alpha value is -3.92. The number of nitrogens with one attached hydrogen (secondary N) is 3. The van der Waals surface area contributed by atoms with Gasteiger partial charge in [0.15, 0.2) is 0 Å². The maximum Gasteiger partial charge on any atom is 0.331 e. The van der Waals surface area contributed by atoms with Crippen molar-refractivity contribution in [3.05, 3.63) is 53.6 Å². The molecule has 2 atom stereocenters. The molecule has 0 bridgehead atoms. The topological polar surface area (TPSA) is 113 Å². The summed E-state index contributed by atoms with van der Waals surface area (Å²) in [4.78, 5) is 45.7. The largest absolute Gasteiger partial charge is 0.491 e. The van der Waals surface area contributed by atoms with E-state index < -0.39 is 0 Å². The van der Waals surface area contributed by atoms with Crippen LogP contribution in [0.5, 0.6) is 5.75 Å². The number of thiophene rings is 1. The molecule has 1 aliphatic carbocycles. The van der Waals surface area contributed by atoms with Gasteiger partial charge in [0, 0.05) is 18.3 Å². The Morgan fingerprint density at radius 2 is 1.97 bits per heavy atom. The van der Waals surface area contributed by atoms with Gasteiger partial charge in [-0.1, -0.05) is 6.58 Å². The summed E-state index contributed by atoms with van der Waals surface area (Å²) >= 11 is 1.24. The molecule has 0 unspecified atom stereocenters. The lowest BCUT2D eigenvalue weighted by molar-refractivity contribution is -0.117. The van der Waals surface area contributed by atoms with E-state index in [0.717, 1.165) is 41.6 Å². The number of urea groups is 1. The number of aryl methyl sites for hydroxylation is 1. The minimum absolute atomic E-state index is 0.0408. The van der Waals surface area contributed by atoms with E-state index in [1.165, 1.54) is 17.4 Å². The molecule has 3 heterocycles. The quantitative estimate of drug-likeness (QED) is 0.379. The molecule has 0 spiro atoms. The minimum Gasteiger partial charge on any atom is -0.491 e. The molecule has 9 nitrogen and oxygen atoms in total. The van der Waals surface area contributed by atoms with Crippen LogP contribution in [0.1, 0.15) is 48.3 Å². The lowest BCUT2D eigenvalue weighted by atomic mass is 10.1. The van der Waals surface area contributed by atoms with Crippen LogP contribution in [-0.2, 0) is 4.79 Å². The van der Waals surface area contributed by atoms with Gasteiger partial charge in [0.25, 0.3) is 5.91 Å². The highest BCUT2D eigenvalue weighted by molar-refractivity contribution is 7.21. The number of pyridine rings is 1. The number of aromatic nitrogens is 1. The number of ether oxygens (including phenoxy) is 1. The summed E-state index contributed by atoms with van der Waals surface area (Å²) in [7, 11) is 0. The summed E-state index contributed by atoms with van der Waals surface area (Å²) in [6, 6.07) is 6.68. The van der Waals surface area contributed by atoms with E-state index in [-0.39, 0.29) is 36.0 Å². The molecule has 1 saturated carbocycles. The molecule has 2 aliphatic rings. The zero-order valence-corrected chi connectivity index (χ0v) is 21.8. The van der Waals surface area contributed by atoms with Gasteiger partial charge in [-0.05, 0) is 75.9 Å². The molecule has 0 saturated heterocycles. The zero-order valence-electron chi connectivity index (χ0n) is 21.0. The predicted octanol–water partition coefficient (Wildman–Crippen LogP) is 5.03. The van der Waals surface area contributed by atoms with E-state index in [9.17, 15) is 14.4 Å². The van der Waals surface area contributed by atoms with Crippen molar-refractivity contribution in [2.45, 2.75) is 58.2 Å². The average Bonchev–Trinajstić information content (AvgIpc) is 3.44. The van der Waals surface area contributed by atoms with Crippen molar-refractivity contribution in [3.63, 3.8) is 0 Å². The number of benzene rings is 1. The van der Waals surface area contributed by atoms with Crippen molar-refractivity contribution in [2.24, 2.45) is 0 Å². The van der Waals surface area contributed by atoms with E-state index in [1.54, 1.807) is 17.2 Å². The summed E-state index contributed by atoms with van der Waals surface area (Å²) in [5.74, 6) is 0.176. The molecular formula is C27H29N5O4S. The Balaban J connectivity index is 1.47. The number of rotatable bonds is 7. The van der Waals surface area contributed by atoms with Gasteiger partial charge in [0.2, 0.25) is 5.91 Å². The third-order valence-corrected chi connectivity index (χ3v) is 7.68. The fraction of sp³-hybridized carbons (Fsp3) is 0.333. The molecule has 192 valence electrons. The fourth-order valence-corrected chi connectivity index (χ4v) is 6.01. The lowest BCUT2D eigenvalue weighted by Gasteiger charge is -2.30. The Kier molecular flexibility index (Phi) is 6.59. The van der Waals surface area contributed by atoms with Gasteiger partial charge in [0.1, 0.15) is 15.5 Å². The van der Waals surface area contributed by atoms with Gasteiger partial charge in [-0.15, -0.1) is 11.3 Å². The normalized spacial score (nSPS) is 18.6. The highest BCUT2D eigenvalue weighted by Gasteiger charge is 2.35. The van der Waals surface area contributed by atoms with Crippen LogP contribution < -0.4 is 25.6 Å². The highest BCUT2D eigenvalue weighted by atomic mass is 32.1. The predicted molar refractivity (Wildman–Crippen MR) is 145 cm³/mol. The molecule has 3 aromatic rings. The molecular weight excluding hydrogens is 490 g/mol. The molecule has 1 aromatic carbocycles. The second-order valence-electron chi connectivity index (χ2n) is 9.53. The molecule has 3 N–H and O–H groups in total. The Bertz CT molecular complexity index is 1420. The number of carbonyl (C=O) groups excluding carboxylic acids is 3. The van der Waals surface area contributed by atoms with Gasteiger partial charge in [-0.3, -0.25) is 14.5 Å². The van der Waals surface area contributed by atoms with Crippen LogP contribution in [0.3, 0.4) is 0 Å². The second-order valence-corrected chi connectivity index (χ2v) is 10.5. The van der Waals surface area contributed by atoms with Crippen LogP contribution in [0.2, 0.25) is 0 Å². The number of nitrogens with zero attached hydrogens (tertiary/aromatic N) is 2. The van der Waals surface area contributed by atoms with Gasteiger partial charge in [-0.2, -0.15) is 0 Å². The van der Waals surface area contributed by atoms with Gasteiger partial charge < -0.3 is 20.7 Å². The molecule has 4 amide bonds. The first-order chi connectivity index (χ1) is 17.8. The summed E-state index contributed by atoms with van der Waals surface area (Å²) in [5.41, 5.74) is 2.72. The fourth-order valence-electron chi connectivity index (χ4n) is 4.99. The van der Waals surface area contributed by atoms with Crippen molar-refractivity contribution in [1.82, 2.24) is 15.6 Å². The Morgan fingerprint density at radius 1 is 1.22 bits per heavy atom. The van der Waals surface area contributed by atoms with Crippen LogP contribution in [0, 0.1) is 6.92 Å². The molecule has 1 aliphatic heterocycles. The van der Waals surface area contributed by atoms with Crippen LogP contribution >= 0.6 is 11.3 Å². The molecule has 1 fully saturated rings. The van der Waals surface area contributed by atoms with E-state index in [4.69, 9.17) is 4.74 Å². The highest BCUT2D eigenvalue weighted by Crippen LogP contribution is 2.46. The zero-order chi connectivity index (χ0) is 26.3. The van der Waals surface area contributed by atoms with Crippen molar-refractivity contribution in [3.8, 4) is 5.75 Å². The number of amides is 4. The Morgan fingerprint density at radius 3 is 2.68 bits per heavy atom. The first-order valence-electron chi connectivity index (χ1n) is 12.3. The van der Waals surface area contributed by atoms with E-state index >= 15 is 0 Å². The molecule has 37 heavy (non-hydrogen) atoms. The first-order valence-corrected chi connectivity index (χ1v) is 13.1. The number of hydrogen-bond acceptors (Lipinski definition) is 6. The second kappa shape index (κ2) is 9.85. The monoisotopic (exact) mass is 519 g/mol. The van der Waals surface area contributed by atoms with Crippen molar-refractivity contribution >= 4 is 56.5 Å².